The number of halogens is 2. The van der Waals surface area contributed by atoms with Crippen LogP contribution in [0.5, 0.6) is 0 Å². The van der Waals surface area contributed by atoms with Crippen LogP contribution in [-0.4, -0.2) is 6.54 Å². The highest BCUT2D eigenvalue weighted by Gasteiger charge is 2.09. The van der Waals surface area contributed by atoms with Gasteiger partial charge in [0, 0.05) is 17.6 Å². The van der Waals surface area contributed by atoms with Crippen LogP contribution in [0.3, 0.4) is 0 Å². The summed E-state index contributed by atoms with van der Waals surface area (Å²) in [6.07, 6.45) is 0. The lowest BCUT2D eigenvalue weighted by molar-refractivity contribution is 0.379. The first-order chi connectivity index (χ1) is 6.88. The van der Waals surface area contributed by atoms with Gasteiger partial charge in [0.25, 0.3) is 0 Å². The molecule has 0 bridgehead atoms. The molecule has 0 fully saturated rings. The quantitative estimate of drug-likeness (QED) is 0.885. The maximum atomic E-state index is 12.8. The standard InChI is InChI=1S/C12H17BrFN/c1-12(2,3)8-15-7-9-4-5-10(14)6-11(9)13/h4-6,15H,7-8H2,1-3H3. The number of rotatable bonds is 3. The van der Waals surface area contributed by atoms with Crippen molar-refractivity contribution in [2.24, 2.45) is 5.41 Å². The lowest BCUT2D eigenvalue weighted by Gasteiger charge is -2.19. The van der Waals surface area contributed by atoms with Crippen LogP contribution >= 0.6 is 15.9 Å². The Bertz CT molecular complexity index is 331. The number of hydrogen-bond acceptors (Lipinski definition) is 1. The van der Waals surface area contributed by atoms with E-state index in [9.17, 15) is 4.39 Å². The molecule has 1 aromatic carbocycles. The molecule has 0 unspecified atom stereocenters. The minimum absolute atomic E-state index is 0.207. The van der Waals surface area contributed by atoms with Crippen LogP contribution in [0.4, 0.5) is 4.39 Å². The molecule has 0 heterocycles. The van der Waals surface area contributed by atoms with E-state index in [2.05, 4.69) is 42.0 Å². The van der Waals surface area contributed by atoms with Crippen LogP contribution in [0, 0.1) is 11.2 Å². The molecule has 0 saturated heterocycles. The van der Waals surface area contributed by atoms with Crippen LogP contribution in [0.1, 0.15) is 26.3 Å². The third kappa shape index (κ3) is 4.76. The average Bonchev–Trinajstić information content (AvgIpc) is 2.07. The zero-order valence-corrected chi connectivity index (χ0v) is 11.0. The fourth-order valence-electron chi connectivity index (χ4n) is 1.24. The summed E-state index contributed by atoms with van der Waals surface area (Å²) in [7, 11) is 0. The van der Waals surface area contributed by atoms with Gasteiger partial charge >= 0.3 is 0 Å². The lowest BCUT2D eigenvalue weighted by Crippen LogP contribution is -2.26. The molecule has 84 valence electrons. The number of nitrogens with one attached hydrogen (secondary N) is 1. The molecule has 0 spiro atoms. The molecule has 0 aliphatic rings. The Morgan fingerprint density at radius 3 is 2.53 bits per heavy atom. The zero-order valence-electron chi connectivity index (χ0n) is 9.40. The summed E-state index contributed by atoms with van der Waals surface area (Å²) in [5, 5.41) is 3.35. The predicted octanol–water partition coefficient (Wildman–Crippen LogP) is 3.72. The molecular formula is C12H17BrFN. The van der Waals surface area contributed by atoms with Crippen molar-refractivity contribution in [3.8, 4) is 0 Å². The minimum atomic E-state index is -0.207. The molecule has 1 rings (SSSR count). The smallest absolute Gasteiger partial charge is 0.124 e. The highest BCUT2D eigenvalue weighted by Crippen LogP contribution is 2.18. The van der Waals surface area contributed by atoms with Gasteiger partial charge in [-0.25, -0.2) is 4.39 Å². The van der Waals surface area contributed by atoms with E-state index in [1.54, 1.807) is 6.07 Å². The van der Waals surface area contributed by atoms with Crippen LogP contribution in [0.2, 0.25) is 0 Å². The van der Waals surface area contributed by atoms with Crippen molar-refractivity contribution in [3.05, 3.63) is 34.1 Å². The fourth-order valence-corrected chi connectivity index (χ4v) is 1.73. The average molecular weight is 274 g/mol. The van der Waals surface area contributed by atoms with Crippen LogP contribution in [0.25, 0.3) is 0 Å². The van der Waals surface area contributed by atoms with Gasteiger partial charge in [0.2, 0.25) is 0 Å². The van der Waals surface area contributed by atoms with Gasteiger partial charge in [-0.3, -0.25) is 0 Å². The Labute approximate surface area is 99.2 Å². The van der Waals surface area contributed by atoms with Crippen molar-refractivity contribution in [1.29, 1.82) is 0 Å². The second-order valence-corrected chi connectivity index (χ2v) is 5.75. The molecule has 0 amide bonds. The van der Waals surface area contributed by atoms with Crippen LogP contribution < -0.4 is 5.32 Å². The van der Waals surface area contributed by atoms with E-state index in [4.69, 9.17) is 0 Å². The third-order valence-corrected chi connectivity index (χ3v) is 2.72. The maximum Gasteiger partial charge on any atom is 0.124 e. The summed E-state index contributed by atoms with van der Waals surface area (Å²) in [4.78, 5) is 0. The van der Waals surface area contributed by atoms with E-state index in [0.717, 1.165) is 23.1 Å². The zero-order chi connectivity index (χ0) is 11.5. The first kappa shape index (κ1) is 12.7. The van der Waals surface area contributed by atoms with Crippen LogP contribution in [-0.2, 0) is 6.54 Å². The van der Waals surface area contributed by atoms with E-state index < -0.39 is 0 Å². The summed E-state index contributed by atoms with van der Waals surface area (Å²) in [6.45, 7) is 8.24. The fraction of sp³-hybridized carbons (Fsp3) is 0.500. The Morgan fingerprint density at radius 2 is 2.00 bits per heavy atom. The SMILES string of the molecule is CC(C)(C)CNCc1ccc(F)cc1Br. The Balaban J connectivity index is 2.51. The van der Waals surface area contributed by atoms with Crippen LogP contribution in [0.15, 0.2) is 22.7 Å². The summed E-state index contributed by atoms with van der Waals surface area (Å²) in [5.41, 5.74) is 1.35. The summed E-state index contributed by atoms with van der Waals surface area (Å²) in [6, 6.07) is 4.78. The second kappa shape index (κ2) is 5.08. The molecule has 0 aliphatic heterocycles. The normalized spacial score (nSPS) is 11.8. The van der Waals surface area contributed by atoms with Gasteiger partial charge in [-0.05, 0) is 23.1 Å². The first-order valence-corrected chi connectivity index (χ1v) is 5.82. The predicted molar refractivity (Wildman–Crippen MR) is 65.3 cm³/mol. The van der Waals surface area contributed by atoms with Crippen molar-refractivity contribution >= 4 is 15.9 Å². The molecule has 1 N–H and O–H groups in total. The van der Waals surface area contributed by atoms with Crippen molar-refractivity contribution in [3.63, 3.8) is 0 Å². The van der Waals surface area contributed by atoms with E-state index in [1.807, 2.05) is 0 Å². The molecule has 3 heteroatoms. The van der Waals surface area contributed by atoms with Crippen molar-refractivity contribution in [1.82, 2.24) is 5.32 Å². The van der Waals surface area contributed by atoms with E-state index in [0.29, 0.717) is 0 Å². The van der Waals surface area contributed by atoms with E-state index >= 15 is 0 Å². The second-order valence-electron chi connectivity index (χ2n) is 4.90. The van der Waals surface area contributed by atoms with Gasteiger partial charge < -0.3 is 5.32 Å². The highest BCUT2D eigenvalue weighted by molar-refractivity contribution is 9.10. The molecule has 0 aliphatic carbocycles. The van der Waals surface area contributed by atoms with Gasteiger partial charge in [-0.1, -0.05) is 42.8 Å². The minimum Gasteiger partial charge on any atom is -0.312 e. The summed E-state index contributed by atoms with van der Waals surface area (Å²) < 4.78 is 13.6. The highest BCUT2D eigenvalue weighted by atomic mass is 79.9. The molecule has 0 saturated carbocycles. The molecule has 15 heavy (non-hydrogen) atoms. The largest absolute Gasteiger partial charge is 0.312 e. The molecule has 1 aromatic rings. The molecule has 0 atom stereocenters. The number of hydrogen-bond donors (Lipinski definition) is 1. The van der Waals surface area contributed by atoms with Gasteiger partial charge in [-0.2, -0.15) is 0 Å². The first-order valence-electron chi connectivity index (χ1n) is 5.03. The van der Waals surface area contributed by atoms with E-state index in [1.165, 1.54) is 12.1 Å². The van der Waals surface area contributed by atoms with Crippen molar-refractivity contribution < 1.29 is 4.39 Å². The molecular weight excluding hydrogens is 257 g/mol. The van der Waals surface area contributed by atoms with Crippen molar-refractivity contribution in [2.45, 2.75) is 27.3 Å². The Hall–Kier alpha value is -0.410. The Kier molecular flexibility index (Phi) is 4.29. The number of benzene rings is 1. The topological polar surface area (TPSA) is 12.0 Å². The summed E-state index contributed by atoms with van der Waals surface area (Å²) in [5.74, 6) is -0.207. The van der Waals surface area contributed by atoms with Gasteiger partial charge in [0.15, 0.2) is 0 Å². The maximum absolute atomic E-state index is 12.8. The molecule has 1 nitrogen and oxygen atoms in total. The molecule has 0 aromatic heterocycles. The van der Waals surface area contributed by atoms with Crippen molar-refractivity contribution in [2.75, 3.05) is 6.54 Å². The third-order valence-electron chi connectivity index (χ3n) is 1.99. The van der Waals surface area contributed by atoms with Gasteiger partial charge in [-0.15, -0.1) is 0 Å². The monoisotopic (exact) mass is 273 g/mol. The molecule has 0 radical (unpaired) electrons. The van der Waals surface area contributed by atoms with E-state index in [-0.39, 0.29) is 11.2 Å². The van der Waals surface area contributed by atoms with Gasteiger partial charge in [0.05, 0.1) is 0 Å². The summed E-state index contributed by atoms with van der Waals surface area (Å²) >= 11 is 3.35. The lowest BCUT2D eigenvalue weighted by atomic mass is 9.97. The Morgan fingerprint density at radius 1 is 1.33 bits per heavy atom. The van der Waals surface area contributed by atoms with Gasteiger partial charge in [0.1, 0.15) is 5.82 Å².